The van der Waals surface area contributed by atoms with Crippen molar-refractivity contribution in [3.05, 3.63) is 45.1 Å². The van der Waals surface area contributed by atoms with Gasteiger partial charge in [-0.1, -0.05) is 17.7 Å². The largest absolute Gasteiger partial charge is 0.504 e. The number of ether oxygens (including phenoxy) is 1. The Morgan fingerprint density at radius 3 is 2.65 bits per heavy atom. The highest BCUT2D eigenvalue weighted by molar-refractivity contribution is 7.16. The minimum Gasteiger partial charge on any atom is -0.504 e. The zero-order valence-corrected chi connectivity index (χ0v) is 12.2. The fourth-order valence-electron chi connectivity index (χ4n) is 1.92. The molecule has 0 amide bonds. The lowest BCUT2D eigenvalue weighted by atomic mass is 9.97. The molecule has 2 N–H and O–H groups in total. The predicted octanol–water partition coefficient (Wildman–Crippen LogP) is 3.53. The number of aliphatic carboxylic acids is 1. The highest BCUT2D eigenvalue weighted by Crippen LogP contribution is 2.33. The molecule has 0 aliphatic heterocycles. The number of carboxylic acids is 1. The second-order valence-corrected chi connectivity index (χ2v) is 5.99. The summed E-state index contributed by atoms with van der Waals surface area (Å²) < 4.78 is 5.52. The molecule has 0 bridgehead atoms. The fraction of sp³-hybridized carbons (Fsp3) is 0.214. The summed E-state index contributed by atoms with van der Waals surface area (Å²) in [6.07, 6.45) is 0.281. The molecule has 106 valence electrons. The van der Waals surface area contributed by atoms with Gasteiger partial charge >= 0.3 is 5.97 Å². The van der Waals surface area contributed by atoms with Crippen molar-refractivity contribution in [3.63, 3.8) is 0 Å². The molecule has 4 nitrogen and oxygen atoms in total. The Kier molecular flexibility index (Phi) is 4.52. The van der Waals surface area contributed by atoms with Gasteiger partial charge in [-0.3, -0.25) is 4.79 Å². The van der Waals surface area contributed by atoms with Gasteiger partial charge in [0.05, 0.1) is 17.4 Å². The first kappa shape index (κ1) is 14.7. The number of aromatic hydroxyl groups is 1. The van der Waals surface area contributed by atoms with Crippen molar-refractivity contribution < 1.29 is 19.7 Å². The topological polar surface area (TPSA) is 66.8 Å². The zero-order valence-electron chi connectivity index (χ0n) is 10.7. The van der Waals surface area contributed by atoms with Crippen molar-refractivity contribution >= 4 is 28.9 Å². The quantitative estimate of drug-likeness (QED) is 0.886. The molecule has 1 unspecified atom stereocenters. The van der Waals surface area contributed by atoms with Crippen LogP contribution in [0.5, 0.6) is 11.5 Å². The van der Waals surface area contributed by atoms with Crippen molar-refractivity contribution in [1.29, 1.82) is 0 Å². The molecule has 2 aromatic rings. The van der Waals surface area contributed by atoms with E-state index in [1.807, 2.05) is 0 Å². The highest BCUT2D eigenvalue weighted by Gasteiger charge is 2.22. The number of benzene rings is 1. The number of rotatable bonds is 5. The summed E-state index contributed by atoms with van der Waals surface area (Å²) in [7, 11) is 1.46. The van der Waals surface area contributed by atoms with Gasteiger partial charge in [0, 0.05) is 4.88 Å². The maximum absolute atomic E-state index is 11.4. The van der Waals surface area contributed by atoms with Crippen molar-refractivity contribution in [2.24, 2.45) is 0 Å². The molecule has 20 heavy (non-hydrogen) atoms. The van der Waals surface area contributed by atoms with Gasteiger partial charge < -0.3 is 14.9 Å². The molecular weight excluding hydrogens is 300 g/mol. The zero-order chi connectivity index (χ0) is 14.7. The molecule has 0 saturated heterocycles. The summed E-state index contributed by atoms with van der Waals surface area (Å²) in [6.45, 7) is 0. The van der Waals surface area contributed by atoms with Crippen LogP contribution >= 0.6 is 22.9 Å². The van der Waals surface area contributed by atoms with E-state index in [-0.39, 0.29) is 12.2 Å². The molecule has 0 fully saturated rings. The smallest absolute Gasteiger partial charge is 0.312 e. The molecule has 0 aliphatic rings. The van der Waals surface area contributed by atoms with Crippen LogP contribution in [-0.4, -0.2) is 23.3 Å². The van der Waals surface area contributed by atoms with Gasteiger partial charge in [-0.2, -0.15) is 0 Å². The summed E-state index contributed by atoms with van der Waals surface area (Å²) in [4.78, 5) is 12.1. The van der Waals surface area contributed by atoms with Crippen LogP contribution in [0.4, 0.5) is 0 Å². The van der Waals surface area contributed by atoms with Crippen LogP contribution in [0.1, 0.15) is 16.4 Å². The van der Waals surface area contributed by atoms with E-state index >= 15 is 0 Å². The van der Waals surface area contributed by atoms with E-state index in [9.17, 15) is 15.0 Å². The lowest BCUT2D eigenvalue weighted by molar-refractivity contribution is -0.138. The third-order valence-corrected chi connectivity index (χ3v) is 4.26. The van der Waals surface area contributed by atoms with Gasteiger partial charge in [-0.25, -0.2) is 0 Å². The molecule has 0 aliphatic carbocycles. The normalized spacial score (nSPS) is 12.1. The van der Waals surface area contributed by atoms with Crippen LogP contribution < -0.4 is 4.74 Å². The molecule has 0 radical (unpaired) electrons. The Morgan fingerprint density at radius 2 is 2.15 bits per heavy atom. The Bertz CT molecular complexity index is 623. The van der Waals surface area contributed by atoms with Crippen molar-refractivity contribution in [3.8, 4) is 11.5 Å². The van der Waals surface area contributed by atoms with E-state index < -0.39 is 11.9 Å². The van der Waals surface area contributed by atoms with Crippen molar-refractivity contribution in [2.75, 3.05) is 7.11 Å². The SMILES string of the molecule is COc1ccc(CC(C(=O)O)c2ccc(Cl)s2)cc1O. The molecule has 1 atom stereocenters. The molecule has 0 saturated carbocycles. The van der Waals surface area contributed by atoms with Crippen molar-refractivity contribution in [1.82, 2.24) is 0 Å². The Morgan fingerprint density at radius 1 is 1.40 bits per heavy atom. The molecular formula is C14H13ClO4S. The third kappa shape index (κ3) is 3.23. The Labute approximate surface area is 125 Å². The van der Waals surface area contributed by atoms with Crippen LogP contribution in [0.25, 0.3) is 0 Å². The van der Waals surface area contributed by atoms with Gasteiger partial charge in [-0.15, -0.1) is 11.3 Å². The first-order valence-electron chi connectivity index (χ1n) is 5.85. The van der Waals surface area contributed by atoms with Crippen LogP contribution in [0.3, 0.4) is 0 Å². The molecule has 1 heterocycles. The second kappa shape index (κ2) is 6.15. The van der Waals surface area contributed by atoms with Crippen LogP contribution in [0, 0.1) is 0 Å². The number of methoxy groups -OCH3 is 1. The van der Waals surface area contributed by atoms with E-state index in [1.54, 1.807) is 24.3 Å². The average Bonchev–Trinajstić information content (AvgIpc) is 2.82. The fourth-order valence-corrected chi connectivity index (χ4v) is 3.08. The second-order valence-electron chi connectivity index (χ2n) is 4.24. The monoisotopic (exact) mass is 312 g/mol. The van der Waals surface area contributed by atoms with Crippen LogP contribution in [0.2, 0.25) is 4.34 Å². The number of carboxylic acid groups (broad SMARTS) is 1. The van der Waals surface area contributed by atoms with E-state index in [1.165, 1.54) is 24.5 Å². The van der Waals surface area contributed by atoms with Gasteiger partial charge in [0.2, 0.25) is 0 Å². The molecule has 1 aromatic carbocycles. The summed E-state index contributed by atoms with van der Waals surface area (Å²) in [5.41, 5.74) is 0.722. The van der Waals surface area contributed by atoms with E-state index in [0.29, 0.717) is 15.0 Å². The number of thiophene rings is 1. The summed E-state index contributed by atoms with van der Waals surface area (Å²) in [5, 5.41) is 19.1. The molecule has 1 aromatic heterocycles. The number of hydrogen-bond donors (Lipinski definition) is 2. The Hall–Kier alpha value is -1.72. The van der Waals surface area contributed by atoms with Gasteiger partial charge in [0.25, 0.3) is 0 Å². The maximum atomic E-state index is 11.4. The van der Waals surface area contributed by atoms with E-state index in [2.05, 4.69) is 0 Å². The number of hydrogen-bond acceptors (Lipinski definition) is 4. The maximum Gasteiger partial charge on any atom is 0.312 e. The van der Waals surface area contributed by atoms with Crippen molar-refractivity contribution in [2.45, 2.75) is 12.3 Å². The summed E-state index contributed by atoms with van der Waals surface area (Å²) in [6, 6.07) is 8.27. The third-order valence-electron chi connectivity index (χ3n) is 2.92. The number of phenolic OH excluding ortho intramolecular Hbond substituents is 1. The number of halogens is 1. The molecule has 2 rings (SSSR count). The van der Waals surface area contributed by atoms with E-state index in [4.69, 9.17) is 16.3 Å². The van der Waals surface area contributed by atoms with Crippen LogP contribution in [-0.2, 0) is 11.2 Å². The van der Waals surface area contributed by atoms with Gasteiger partial charge in [-0.05, 0) is 36.2 Å². The first-order chi connectivity index (χ1) is 9.51. The standard InChI is InChI=1S/C14H13ClO4S/c1-19-11-3-2-8(7-10(11)16)6-9(14(17)18)12-4-5-13(15)20-12/h2-5,7,9,16H,6H2,1H3,(H,17,18). The molecule has 6 heteroatoms. The number of carbonyl (C=O) groups is 1. The Balaban J connectivity index is 2.25. The summed E-state index contributed by atoms with van der Waals surface area (Å²) >= 11 is 7.10. The number of phenols is 1. The lowest BCUT2D eigenvalue weighted by Crippen LogP contribution is -2.13. The van der Waals surface area contributed by atoms with Crippen LogP contribution in [0.15, 0.2) is 30.3 Å². The minimum atomic E-state index is -0.918. The highest BCUT2D eigenvalue weighted by atomic mass is 35.5. The van der Waals surface area contributed by atoms with E-state index in [0.717, 1.165) is 5.56 Å². The predicted molar refractivity (Wildman–Crippen MR) is 78.1 cm³/mol. The summed E-state index contributed by atoms with van der Waals surface area (Å²) in [5.74, 6) is -1.24. The van der Waals surface area contributed by atoms with Gasteiger partial charge in [0.1, 0.15) is 0 Å². The van der Waals surface area contributed by atoms with Gasteiger partial charge in [0.15, 0.2) is 11.5 Å². The first-order valence-corrected chi connectivity index (χ1v) is 7.04. The average molecular weight is 313 g/mol. The lowest BCUT2D eigenvalue weighted by Gasteiger charge is -2.11. The minimum absolute atomic E-state index is 0.00153. The molecule has 0 spiro atoms.